The van der Waals surface area contributed by atoms with Crippen molar-refractivity contribution in [3.63, 3.8) is 0 Å². The molecule has 4 nitrogen and oxygen atoms in total. The summed E-state index contributed by atoms with van der Waals surface area (Å²) < 4.78 is 5.48. The van der Waals surface area contributed by atoms with Gasteiger partial charge in [0, 0.05) is 17.9 Å². The Morgan fingerprint density at radius 2 is 2.04 bits per heavy atom. The van der Waals surface area contributed by atoms with Gasteiger partial charge in [0.2, 0.25) is 0 Å². The summed E-state index contributed by atoms with van der Waals surface area (Å²) in [5.74, 6) is -0.200. The molecule has 0 radical (unpaired) electrons. The van der Waals surface area contributed by atoms with Crippen LogP contribution < -0.4 is 0 Å². The van der Waals surface area contributed by atoms with E-state index in [1.165, 1.54) is 7.11 Å². The van der Waals surface area contributed by atoms with Gasteiger partial charge in [0.1, 0.15) is 11.7 Å². The lowest BCUT2D eigenvalue weighted by molar-refractivity contribution is -0.229. The Bertz CT molecular complexity index is 613. The Hall–Kier alpha value is -0.970. The van der Waals surface area contributed by atoms with Crippen molar-refractivity contribution in [2.45, 2.75) is 64.3 Å². The topological polar surface area (TPSA) is 66.8 Å². The van der Waals surface area contributed by atoms with Crippen LogP contribution >= 0.6 is 0 Å². The largest absolute Gasteiger partial charge is 0.392 e. The fourth-order valence-electron chi connectivity index (χ4n) is 6.47. The van der Waals surface area contributed by atoms with Crippen LogP contribution in [0.15, 0.2) is 24.8 Å². The first-order chi connectivity index (χ1) is 11.6. The molecule has 8 atom stereocenters. The first-order valence-electron chi connectivity index (χ1n) is 9.40. The Morgan fingerprint density at radius 1 is 1.40 bits per heavy atom. The zero-order valence-corrected chi connectivity index (χ0v) is 15.9. The fourth-order valence-corrected chi connectivity index (χ4v) is 6.47. The van der Waals surface area contributed by atoms with Crippen LogP contribution in [0.25, 0.3) is 0 Å². The van der Waals surface area contributed by atoms with Crippen molar-refractivity contribution in [3.05, 3.63) is 24.8 Å². The second-order valence-corrected chi connectivity index (χ2v) is 8.81. The minimum Gasteiger partial charge on any atom is -0.392 e. The summed E-state index contributed by atoms with van der Waals surface area (Å²) in [6.07, 6.45) is 3.02. The fraction of sp³-hybridized carbons (Fsp3) is 0.762. The molecule has 3 aliphatic carbocycles. The first kappa shape index (κ1) is 18.8. The van der Waals surface area contributed by atoms with Crippen molar-refractivity contribution in [2.75, 3.05) is 7.11 Å². The van der Waals surface area contributed by atoms with E-state index < -0.39 is 28.6 Å². The zero-order chi connectivity index (χ0) is 18.8. The Labute approximate surface area is 151 Å². The van der Waals surface area contributed by atoms with E-state index in [4.69, 9.17) is 4.74 Å². The molecule has 0 heterocycles. The third-order valence-corrected chi connectivity index (χ3v) is 8.41. The van der Waals surface area contributed by atoms with Crippen molar-refractivity contribution in [3.8, 4) is 0 Å². The highest BCUT2D eigenvalue weighted by Gasteiger charge is 2.78. The SMILES string of the molecule is C=CC(=C)[C@@H]1C[C@@H](O)[C@]2(C)[C@H](C)CC[C@]3(C[C@H](OC)C(=O)[C@]32O)[C@H]1C. The van der Waals surface area contributed by atoms with Crippen molar-refractivity contribution in [1.29, 1.82) is 0 Å². The molecule has 2 N–H and O–H groups in total. The minimum absolute atomic E-state index is 0.00504. The quantitative estimate of drug-likeness (QED) is 0.770. The second-order valence-electron chi connectivity index (χ2n) is 8.81. The molecule has 0 aromatic carbocycles. The van der Waals surface area contributed by atoms with E-state index in [0.29, 0.717) is 12.8 Å². The number of methoxy groups -OCH3 is 1. The third-order valence-electron chi connectivity index (χ3n) is 8.41. The molecule has 0 aromatic rings. The number of aliphatic hydroxyl groups is 2. The van der Waals surface area contributed by atoms with Gasteiger partial charge in [0.05, 0.1) is 6.10 Å². The van der Waals surface area contributed by atoms with E-state index >= 15 is 0 Å². The highest BCUT2D eigenvalue weighted by Crippen LogP contribution is 2.70. The van der Waals surface area contributed by atoms with Crippen LogP contribution in [-0.4, -0.2) is 40.9 Å². The number of hydrogen-bond acceptors (Lipinski definition) is 4. The predicted molar refractivity (Wildman–Crippen MR) is 96.9 cm³/mol. The molecule has 3 saturated carbocycles. The molecule has 4 heteroatoms. The van der Waals surface area contributed by atoms with Crippen LogP contribution in [0.4, 0.5) is 0 Å². The average Bonchev–Trinajstić information content (AvgIpc) is 2.83. The minimum atomic E-state index is -1.58. The number of ether oxygens (including phenoxy) is 1. The summed E-state index contributed by atoms with van der Waals surface area (Å²) in [5.41, 5.74) is -2.19. The average molecular weight is 348 g/mol. The molecule has 25 heavy (non-hydrogen) atoms. The standard InChI is InChI=1S/C21H32O4/c1-7-12(2)15-10-17(22)19(5)13(3)8-9-20(14(15)4)11-16(25-6)18(23)21(19,20)24/h7,13-17,22,24H,1-2,8-11H2,3-6H3/t13-,14+,15+,16+,17-,19+,20+,21-/m1/s1. The number of aliphatic hydroxyl groups excluding tert-OH is 1. The molecular formula is C21H32O4. The molecule has 3 fully saturated rings. The maximum atomic E-state index is 13.3. The van der Waals surface area contributed by atoms with Crippen molar-refractivity contribution < 1.29 is 19.7 Å². The van der Waals surface area contributed by atoms with E-state index in [0.717, 1.165) is 18.4 Å². The van der Waals surface area contributed by atoms with Crippen molar-refractivity contribution in [1.82, 2.24) is 0 Å². The maximum absolute atomic E-state index is 13.3. The maximum Gasteiger partial charge on any atom is 0.194 e. The van der Waals surface area contributed by atoms with Gasteiger partial charge in [-0.2, -0.15) is 0 Å². The van der Waals surface area contributed by atoms with E-state index in [2.05, 4.69) is 20.1 Å². The van der Waals surface area contributed by atoms with Crippen molar-refractivity contribution in [2.24, 2.45) is 28.6 Å². The van der Waals surface area contributed by atoms with Crippen LogP contribution in [-0.2, 0) is 9.53 Å². The highest BCUT2D eigenvalue weighted by molar-refractivity contribution is 5.96. The molecule has 0 saturated heterocycles. The Morgan fingerprint density at radius 3 is 2.60 bits per heavy atom. The first-order valence-corrected chi connectivity index (χ1v) is 9.40. The van der Waals surface area contributed by atoms with Gasteiger partial charge < -0.3 is 14.9 Å². The molecule has 0 unspecified atom stereocenters. The molecule has 0 spiro atoms. The summed E-state index contributed by atoms with van der Waals surface area (Å²) >= 11 is 0. The number of hydrogen-bond donors (Lipinski definition) is 2. The number of rotatable bonds is 3. The van der Waals surface area contributed by atoms with E-state index in [1.807, 2.05) is 13.8 Å². The van der Waals surface area contributed by atoms with Crippen LogP contribution in [0.5, 0.6) is 0 Å². The molecule has 0 aliphatic heterocycles. The Balaban J connectivity index is 2.28. The summed E-state index contributed by atoms with van der Waals surface area (Å²) in [7, 11) is 1.53. The number of allylic oxidation sites excluding steroid dienone is 2. The van der Waals surface area contributed by atoms with E-state index in [9.17, 15) is 15.0 Å². The lowest BCUT2D eigenvalue weighted by Gasteiger charge is -2.59. The molecule has 0 amide bonds. The zero-order valence-electron chi connectivity index (χ0n) is 15.9. The lowest BCUT2D eigenvalue weighted by Crippen LogP contribution is -2.69. The normalized spacial score (nSPS) is 52.4. The van der Waals surface area contributed by atoms with Crippen LogP contribution in [0.1, 0.15) is 46.5 Å². The van der Waals surface area contributed by atoms with Gasteiger partial charge >= 0.3 is 0 Å². The summed E-state index contributed by atoms with van der Waals surface area (Å²) in [6, 6.07) is 0. The van der Waals surface area contributed by atoms with E-state index in [-0.39, 0.29) is 23.5 Å². The van der Waals surface area contributed by atoms with Gasteiger partial charge in [-0.15, -0.1) is 0 Å². The monoisotopic (exact) mass is 348 g/mol. The van der Waals surface area contributed by atoms with Crippen LogP contribution in [0, 0.1) is 28.6 Å². The molecule has 2 bridgehead atoms. The van der Waals surface area contributed by atoms with Gasteiger partial charge in [-0.25, -0.2) is 0 Å². The van der Waals surface area contributed by atoms with Crippen molar-refractivity contribution >= 4 is 5.78 Å². The lowest BCUT2D eigenvalue weighted by atomic mass is 9.46. The van der Waals surface area contributed by atoms with Crippen LogP contribution in [0.2, 0.25) is 0 Å². The van der Waals surface area contributed by atoms with Gasteiger partial charge in [0.15, 0.2) is 5.78 Å². The van der Waals surface area contributed by atoms with Gasteiger partial charge in [-0.05, 0) is 43.4 Å². The number of Topliss-reactive ketones (excluding diaryl/α,β-unsaturated/α-hetero) is 1. The van der Waals surface area contributed by atoms with Gasteiger partial charge in [0.25, 0.3) is 0 Å². The predicted octanol–water partition coefficient (Wildman–Crippen LogP) is 2.89. The molecule has 140 valence electrons. The van der Waals surface area contributed by atoms with E-state index in [1.54, 1.807) is 6.08 Å². The Kier molecular flexibility index (Phi) is 4.34. The summed E-state index contributed by atoms with van der Waals surface area (Å²) in [4.78, 5) is 13.3. The molecule has 3 aliphatic rings. The number of carbonyl (C=O) groups excluding carboxylic acids is 1. The molecular weight excluding hydrogens is 316 g/mol. The summed E-state index contributed by atoms with van der Waals surface area (Å²) in [6.45, 7) is 14.0. The molecule has 3 rings (SSSR count). The third kappa shape index (κ3) is 1.96. The number of carbonyl (C=O) groups is 1. The molecule has 0 aromatic heterocycles. The number of ketones is 1. The highest BCUT2D eigenvalue weighted by atomic mass is 16.5. The smallest absolute Gasteiger partial charge is 0.194 e. The second kappa shape index (κ2) is 5.77. The van der Waals surface area contributed by atoms with Crippen LogP contribution in [0.3, 0.4) is 0 Å². The van der Waals surface area contributed by atoms with Gasteiger partial charge in [-0.1, -0.05) is 45.6 Å². The summed E-state index contributed by atoms with van der Waals surface area (Å²) in [5, 5.41) is 23.2. The van der Waals surface area contributed by atoms with Gasteiger partial charge in [-0.3, -0.25) is 4.79 Å².